The molecule has 0 aliphatic heterocycles. The van der Waals surface area contributed by atoms with Gasteiger partial charge in [-0.05, 0) is 25.0 Å². The van der Waals surface area contributed by atoms with Crippen LogP contribution in [0.25, 0.3) is 0 Å². The predicted molar refractivity (Wildman–Crippen MR) is 98.9 cm³/mol. The van der Waals surface area contributed by atoms with Crippen LogP contribution < -0.4 is 11.1 Å². The van der Waals surface area contributed by atoms with Crippen LogP contribution in [0.3, 0.4) is 0 Å². The minimum Gasteiger partial charge on any atom is -0.478 e. The molecule has 8 heteroatoms. The van der Waals surface area contributed by atoms with Crippen molar-refractivity contribution in [1.29, 1.82) is 5.26 Å². The van der Waals surface area contributed by atoms with Gasteiger partial charge < -0.3 is 21.3 Å². The van der Waals surface area contributed by atoms with Gasteiger partial charge in [0.25, 0.3) is 0 Å². The Morgan fingerprint density at radius 1 is 1.33 bits per heavy atom. The average Bonchev–Trinajstić information content (AvgIpc) is 2.63. The van der Waals surface area contributed by atoms with E-state index in [-0.39, 0.29) is 12.1 Å². The van der Waals surface area contributed by atoms with Gasteiger partial charge in [-0.15, -0.1) is 0 Å². The van der Waals surface area contributed by atoms with Crippen molar-refractivity contribution in [2.75, 3.05) is 11.9 Å². The second kappa shape index (κ2) is 9.14. The fourth-order valence-corrected chi connectivity index (χ4v) is 3.62. The fraction of sp³-hybridized carbons (Fsp3) is 0.474. The Morgan fingerprint density at radius 3 is 2.67 bits per heavy atom. The lowest BCUT2D eigenvalue weighted by Crippen LogP contribution is -2.50. The minimum absolute atomic E-state index is 0.151. The van der Waals surface area contributed by atoms with Crippen LogP contribution in [-0.2, 0) is 9.59 Å². The molecule has 1 aromatic rings. The van der Waals surface area contributed by atoms with Crippen molar-refractivity contribution in [2.45, 2.75) is 44.6 Å². The van der Waals surface area contributed by atoms with Gasteiger partial charge >= 0.3 is 11.9 Å². The van der Waals surface area contributed by atoms with Crippen LogP contribution in [0.5, 0.6) is 0 Å². The summed E-state index contributed by atoms with van der Waals surface area (Å²) >= 11 is 0. The van der Waals surface area contributed by atoms with Crippen LogP contribution in [0.4, 0.5) is 5.82 Å². The average molecular weight is 372 g/mol. The molecule has 0 amide bonds. The van der Waals surface area contributed by atoms with Crippen LogP contribution in [-0.4, -0.2) is 39.7 Å². The third-order valence-electron chi connectivity index (χ3n) is 5.11. The molecule has 1 saturated carbocycles. The number of anilines is 1. The first-order chi connectivity index (χ1) is 12.9. The maximum absolute atomic E-state index is 11.9. The summed E-state index contributed by atoms with van der Waals surface area (Å²) in [6, 6.07) is 4.72. The number of nitriles is 1. The van der Waals surface area contributed by atoms with Gasteiger partial charge in [-0.25, -0.2) is 14.6 Å². The molecule has 0 bridgehead atoms. The second-order valence-electron chi connectivity index (χ2n) is 6.81. The van der Waals surface area contributed by atoms with E-state index in [0.717, 1.165) is 31.8 Å². The Morgan fingerprint density at radius 2 is 2.07 bits per heavy atom. The summed E-state index contributed by atoms with van der Waals surface area (Å²) < 4.78 is 0. The van der Waals surface area contributed by atoms with Crippen molar-refractivity contribution >= 4 is 17.8 Å². The Labute approximate surface area is 157 Å². The number of hydrogen-bond donors (Lipinski definition) is 4. The molecule has 2 atom stereocenters. The van der Waals surface area contributed by atoms with Gasteiger partial charge in [0.15, 0.2) is 0 Å². The van der Waals surface area contributed by atoms with E-state index < -0.39 is 23.4 Å². The zero-order chi connectivity index (χ0) is 19.9. The number of nitrogens with zero attached hydrogens (tertiary/aromatic N) is 2. The van der Waals surface area contributed by atoms with E-state index in [4.69, 9.17) is 11.0 Å². The molecule has 27 heavy (non-hydrogen) atoms. The Bertz CT molecular complexity index is 754. The zero-order valence-electron chi connectivity index (χ0n) is 15.0. The molecule has 8 nitrogen and oxygen atoms in total. The highest BCUT2D eigenvalue weighted by molar-refractivity contribution is 5.96. The van der Waals surface area contributed by atoms with Crippen LogP contribution in [0.15, 0.2) is 30.0 Å². The number of nitrogens with two attached hydrogens (primary N) is 1. The molecule has 0 spiro atoms. The molecule has 1 fully saturated rings. The number of aliphatic carboxylic acids is 2. The first kappa shape index (κ1) is 20.4. The van der Waals surface area contributed by atoms with E-state index in [1.165, 1.54) is 6.20 Å². The second-order valence-corrected chi connectivity index (χ2v) is 6.81. The van der Waals surface area contributed by atoms with E-state index in [2.05, 4.69) is 10.3 Å². The minimum atomic E-state index is -1.31. The van der Waals surface area contributed by atoms with Crippen molar-refractivity contribution in [3.05, 3.63) is 35.5 Å². The molecule has 1 aromatic heterocycles. The first-order valence-corrected chi connectivity index (χ1v) is 8.93. The first-order valence-electron chi connectivity index (χ1n) is 8.93. The monoisotopic (exact) mass is 372 g/mol. The zero-order valence-corrected chi connectivity index (χ0v) is 15.0. The molecule has 0 radical (unpaired) electrons. The quantitative estimate of drug-likeness (QED) is 0.555. The highest BCUT2D eigenvalue weighted by Gasteiger charge is 2.43. The van der Waals surface area contributed by atoms with Crippen molar-refractivity contribution in [3.63, 3.8) is 0 Å². The van der Waals surface area contributed by atoms with Gasteiger partial charge in [0.05, 0.1) is 11.1 Å². The van der Waals surface area contributed by atoms with Gasteiger partial charge in [-0.3, -0.25) is 0 Å². The van der Waals surface area contributed by atoms with Gasteiger partial charge in [-0.1, -0.05) is 25.7 Å². The molecule has 0 saturated heterocycles. The normalized spacial score (nSPS) is 23.6. The number of aromatic nitrogens is 1. The smallest absolute Gasteiger partial charge is 0.332 e. The lowest BCUT2D eigenvalue weighted by molar-refractivity contribution is -0.136. The lowest BCUT2D eigenvalue weighted by atomic mass is 9.67. The molecule has 2 rings (SSSR count). The predicted octanol–water partition coefficient (Wildman–Crippen LogP) is 2.13. The highest BCUT2D eigenvalue weighted by Crippen LogP contribution is 2.40. The maximum Gasteiger partial charge on any atom is 0.332 e. The number of carboxylic acids is 2. The summed E-state index contributed by atoms with van der Waals surface area (Å²) in [4.78, 5) is 27.3. The highest BCUT2D eigenvalue weighted by atomic mass is 16.4. The van der Waals surface area contributed by atoms with Gasteiger partial charge in [0, 0.05) is 30.3 Å². The van der Waals surface area contributed by atoms with Crippen LogP contribution in [0, 0.1) is 16.7 Å². The van der Waals surface area contributed by atoms with Crippen LogP contribution in [0.1, 0.15) is 44.1 Å². The summed E-state index contributed by atoms with van der Waals surface area (Å²) in [5.74, 6) is -2.11. The molecule has 1 aliphatic rings. The third kappa shape index (κ3) is 5.05. The van der Waals surface area contributed by atoms with E-state index in [1.54, 1.807) is 12.1 Å². The van der Waals surface area contributed by atoms with Crippen molar-refractivity contribution in [1.82, 2.24) is 4.98 Å². The molecular weight excluding hydrogens is 348 g/mol. The summed E-state index contributed by atoms with van der Waals surface area (Å²) in [5.41, 5.74) is 5.60. The van der Waals surface area contributed by atoms with Crippen LogP contribution in [0.2, 0.25) is 0 Å². The largest absolute Gasteiger partial charge is 0.478 e. The summed E-state index contributed by atoms with van der Waals surface area (Å²) in [6.07, 6.45) is 6.88. The number of nitrogens with one attached hydrogen (secondary N) is 1. The van der Waals surface area contributed by atoms with Crippen molar-refractivity contribution in [2.24, 2.45) is 11.1 Å². The number of hydrogen-bond acceptors (Lipinski definition) is 6. The topological polar surface area (TPSA) is 149 Å². The summed E-state index contributed by atoms with van der Waals surface area (Å²) in [5, 5.41) is 30.9. The number of carboxylic acid groups (broad SMARTS) is 2. The molecular formula is C19H24N4O4. The maximum atomic E-state index is 11.9. The molecule has 144 valence electrons. The van der Waals surface area contributed by atoms with E-state index in [9.17, 15) is 19.8 Å². The summed E-state index contributed by atoms with van der Waals surface area (Å²) in [7, 11) is 0. The fourth-order valence-electron chi connectivity index (χ4n) is 3.62. The molecule has 1 heterocycles. The molecule has 1 unspecified atom stereocenters. The third-order valence-corrected chi connectivity index (χ3v) is 5.11. The Hall–Kier alpha value is -2.92. The molecule has 0 aromatic carbocycles. The standard InChI is InChI=1S/C19H24N4O4/c20-10-13-6-7-16(22-11-13)23-12-19(14(18(26)27)9-17(24)25)8-4-2-1-3-5-15(19)21/h6-7,9,11,15H,1-5,8,12,21H2,(H,22,23)(H,24,25)(H,26,27)/t15-,19?/m0/s1. The Kier molecular flexibility index (Phi) is 6.91. The summed E-state index contributed by atoms with van der Waals surface area (Å²) in [6.45, 7) is 0.151. The Balaban J connectivity index is 2.39. The SMILES string of the molecule is N#Cc1ccc(NCC2(C(=CC(=O)O)C(=O)O)CCCCCC[C@@H]2N)nc1. The van der Waals surface area contributed by atoms with Crippen molar-refractivity contribution in [3.8, 4) is 6.07 Å². The number of carbonyl (C=O) groups is 2. The van der Waals surface area contributed by atoms with E-state index in [0.29, 0.717) is 24.2 Å². The van der Waals surface area contributed by atoms with Crippen LogP contribution >= 0.6 is 0 Å². The van der Waals surface area contributed by atoms with E-state index >= 15 is 0 Å². The number of pyridine rings is 1. The van der Waals surface area contributed by atoms with Gasteiger partial charge in [-0.2, -0.15) is 5.26 Å². The number of rotatable bonds is 6. The van der Waals surface area contributed by atoms with Gasteiger partial charge in [0.2, 0.25) is 0 Å². The van der Waals surface area contributed by atoms with Crippen molar-refractivity contribution < 1.29 is 19.8 Å². The van der Waals surface area contributed by atoms with E-state index in [1.807, 2.05) is 6.07 Å². The molecule has 5 N–H and O–H groups in total. The van der Waals surface area contributed by atoms with Gasteiger partial charge in [0.1, 0.15) is 11.9 Å². The molecule has 1 aliphatic carbocycles. The lowest BCUT2D eigenvalue weighted by Gasteiger charge is -2.41.